The van der Waals surface area contributed by atoms with E-state index in [2.05, 4.69) is 267 Å². The Hall–Kier alpha value is -10.3. The molecule has 0 atom stereocenters. The van der Waals surface area contributed by atoms with Crippen LogP contribution in [0.3, 0.4) is 0 Å². The molecule has 16 aromatic rings. The highest BCUT2D eigenvalue weighted by atomic mass is 16.3. The molecule has 0 amide bonds. The molecule has 0 aliphatic heterocycles. The van der Waals surface area contributed by atoms with Crippen LogP contribution in [0.1, 0.15) is 24.0 Å². The minimum Gasteiger partial charge on any atom is -0.456 e. The van der Waals surface area contributed by atoms with Gasteiger partial charge in [0.1, 0.15) is 22.3 Å². The molecule has 0 saturated heterocycles. The highest BCUT2D eigenvalue weighted by Gasteiger charge is 2.22. The standard InChI is InChI=1S/C78H48O2/c1-2-15-50(16-3-1)73-57-18-6-8-20-59(57)74(60-21-9-7-19-58(60)73)51-31-26-48(27-32-51)54-36-38-67-71(45-54)79-69-42-40-66-65(77(67)69)41-43-70-78(66)68-39-37-55(46-72(68)80-70)49-28-33-52(34-29-49)75-61-22-10-12-24-63(61)76(64-25-13-11-23-62(64)75)56-35-30-47-14-4-5-17-53(47)44-56/h1-26,28-31,33-46H,27,32H2. The number of hydrogen-bond donors (Lipinski definition) is 0. The maximum atomic E-state index is 6.72. The molecule has 0 unspecified atom stereocenters. The van der Waals surface area contributed by atoms with Crippen LogP contribution in [0.25, 0.3) is 164 Å². The molecular formula is C78H48O2. The largest absolute Gasteiger partial charge is 0.456 e. The molecule has 17 rings (SSSR count). The smallest absolute Gasteiger partial charge is 0.136 e. The number of fused-ring (bicyclic) bond motifs is 14. The first-order chi connectivity index (χ1) is 39.7. The van der Waals surface area contributed by atoms with E-state index in [-0.39, 0.29) is 0 Å². The van der Waals surface area contributed by atoms with Crippen LogP contribution in [0.4, 0.5) is 0 Å². The van der Waals surface area contributed by atoms with Gasteiger partial charge in [0, 0.05) is 21.5 Å². The van der Waals surface area contributed by atoms with Crippen molar-refractivity contribution >= 4 is 120 Å². The second kappa shape index (κ2) is 17.6. The van der Waals surface area contributed by atoms with Crippen molar-refractivity contribution in [2.45, 2.75) is 12.8 Å². The fourth-order valence-electron chi connectivity index (χ4n) is 13.7. The van der Waals surface area contributed by atoms with Crippen molar-refractivity contribution in [1.29, 1.82) is 0 Å². The van der Waals surface area contributed by atoms with Gasteiger partial charge in [0.05, 0.1) is 0 Å². The molecule has 2 heteroatoms. The summed E-state index contributed by atoms with van der Waals surface area (Å²) in [6, 6.07) is 93.2. The molecule has 2 aromatic heterocycles. The van der Waals surface area contributed by atoms with Crippen molar-refractivity contribution in [3.8, 4) is 44.5 Å². The van der Waals surface area contributed by atoms with E-state index in [1.807, 2.05) is 0 Å². The molecule has 0 radical (unpaired) electrons. The third-order valence-electron chi connectivity index (χ3n) is 17.4. The van der Waals surface area contributed by atoms with E-state index in [1.165, 1.54) is 110 Å². The molecule has 0 bridgehead atoms. The van der Waals surface area contributed by atoms with Crippen LogP contribution in [-0.4, -0.2) is 0 Å². The van der Waals surface area contributed by atoms with Crippen molar-refractivity contribution in [2.75, 3.05) is 0 Å². The average Bonchev–Trinajstić information content (AvgIpc) is 4.24. The molecule has 372 valence electrons. The summed E-state index contributed by atoms with van der Waals surface area (Å²) in [4.78, 5) is 0. The predicted octanol–water partition coefficient (Wildman–Crippen LogP) is 22.3. The Balaban J connectivity index is 0.704. The fraction of sp³-hybridized carbons (Fsp3) is 0.0256. The Bertz CT molecular complexity index is 5220. The summed E-state index contributed by atoms with van der Waals surface area (Å²) in [6.45, 7) is 0. The zero-order valence-corrected chi connectivity index (χ0v) is 43.6. The minimum atomic E-state index is 0.876. The molecule has 80 heavy (non-hydrogen) atoms. The SMILES string of the molecule is C1=C(c2ccc3c(c2)oc2ccc4c(ccc5oc6cc(-c7ccc(-c8c9ccccc9c(-c9ccc%10ccccc%10c9)c9ccccc89)cc7)ccc6c54)c23)CCC(c2c3ccccc3c(-c3ccccc3)c3ccccc23)=C1. The molecule has 1 aliphatic carbocycles. The molecule has 2 nitrogen and oxygen atoms in total. The van der Waals surface area contributed by atoms with E-state index in [1.54, 1.807) is 0 Å². The molecule has 2 heterocycles. The number of benzene rings is 14. The lowest BCUT2D eigenvalue weighted by Crippen LogP contribution is -1.97. The fourth-order valence-corrected chi connectivity index (χ4v) is 13.7. The van der Waals surface area contributed by atoms with E-state index in [0.29, 0.717) is 0 Å². The van der Waals surface area contributed by atoms with Crippen molar-refractivity contribution in [2.24, 2.45) is 0 Å². The van der Waals surface area contributed by atoms with Crippen LogP contribution in [0.5, 0.6) is 0 Å². The van der Waals surface area contributed by atoms with Gasteiger partial charge < -0.3 is 8.83 Å². The second-order valence-electron chi connectivity index (χ2n) is 21.7. The summed E-state index contributed by atoms with van der Waals surface area (Å²) in [5.74, 6) is 0. The van der Waals surface area contributed by atoms with Gasteiger partial charge in [-0.2, -0.15) is 0 Å². The summed E-state index contributed by atoms with van der Waals surface area (Å²) >= 11 is 0. The lowest BCUT2D eigenvalue weighted by Gasteiger charge is -2.21. The molecule has 14 aromatic carbocycles. The van der Waals surface area contributed by atoms with Crippen molar-refractivity contribution in [3.05, 3.63) is 278 Å². The van der Waals surface area contributed by atoms with Gasteiger partial charge in [-0.15, -0.1) is 0 Å². The summed E-state index contributed by atoms with van der Waals surface area (Å²) in [5, 5.41) is 19.5. The van der Waals surface area contributed by atoms with Crippen LogP contribution in [0, 0.1) is 0 Å². The number of allylic oxidation sites excluding steroid dienone is 4. The second-order valence-corrected chi connectivity index (χ2v) is 21.7. The molecule has 0 fully saturated rings. The first kappa shape index (κ1) is 44.8. The molecular weight excluding hydrogens is 969 g/mol. The Labute approximate surface area is 461 Å². The van der Waals surface area contributed by atoms with E-state index >= 15 is 0 Å². The van der Waals surface area contributed by atoms with E-state index in [4.69, 9.17) is 8.83 Å². The maximum Gasteiger partial charge on any atom is 0.136 e. The Morgan fingerprint density at radius 3 is 1.14 bits per heavy atom. The van der Waals surface area contributed by atoms with E-state index < -0.39 is 0 Å². The van der Waals surface area contributed by atoms with Crippen LogP contribution in [0.2, 0.25) is 0 Å². The van der Waals surface area contributed by atoms with Gasteiger partial charge in [0.2, 0.25) is 0 Å². The minimum absolute atomic E-state index is 0.876. The molecule has 1 aliphatic rings. The molecule has 0 N–H and O–H groups in total. The van der Waals surface area contributed by atoms with Crippen molar-refractivity contribution < 1.29 is 8.83 Å². The highest BCUT2D eigenvalue weighted by Crippen LogP contribution is 2.48. The Morgan fingerprint density at radius 2 is 0.600 bits per heavy atom. The summed E-state index contributed by atoms with van der Waals surface area (Å²) in [5.41, 5.74) is 18.6. The van der Waals surface area contributed by atoms with Crippen LogP contribution in [0.15, 0.2) is 276 Å². The third kappa shape index (κ3) is 6.85. The van der Waals surface area contributed by atoms with Gasteiger partial charge in [0.25, 0.3) is 0 Å². The zero-order chi connectivity index (χ0) is 52.4. The summed E-state index contributed by atoms with van der Waals surface area (Å²) < 4.78 is 13.4. The van der Waals surface area contributed by atoms with Gasteiger partial charge in [-0.05, 0) is 199 Å². The predicted molar refractivity (Wildman–Crippen MR) is 339 cm³/mol. The number of furan rings is 2. The quantitative estimate of drug-likeness (QED) is 0.155. The van der Waals surface area contributed by atoms with Gasteiger partial charge >= 0.3 is 0 Å². The van der Waals surface area contributed by atoms with E-state index in [9.17, 15) is 0 Å². The lowest BCUT2D eigenvalue weighted by molar-refractivity contribution is 0.668. The summed E-state index contributed by atoms with van der Waals surface area (Å²) in [7, 11) is 0. The Kier molecular flexibility index (Phi) is 9.87. The first-order valence-electron chi connectivity index (χ1n) is 27.8. The highest BCUT2D eigenvalue weighted by molar-refractivity contribution is 6.28. The number of rotatable bonds is 6. The monoisotopic (exact) mass is 1020 g/mol. The van der Waals surface area contributed by atoms with Gasteiger partial charge in [-0.25, -0.2) is 0 Å². The summed E-state index contributed by atoms with van der Waals surface area (Å²) in [6.07, 6.45) is 6.60. The first-order valence-corrected chi connectivity index (χ1v) is 27.8. The molecule has 0 spiro atoms. The molecule has 0 saturated carbocycles. The lowest BCUT2D eigenvalue weighted by atomic mass is 9.82. The van der Waals surface area contributed by atoms with Gasteiger partial charge in [-0.3, -0.25) is 0 Å². The maximum absolute atomic E-state index is 6.72. The zero-order valence-electron chi connectivity index (χ0n) is 43.6. The Morgan fingerprint density at radius 1 is 0.212 bits per heavy atom. The average molecular weight is 1020 g/mol. The number of hydrogen-bond acceptors (Lipinski definition) is 2. The van der Waals surface area contributed by atoms with Crippen LogP contribution < -0.4 is 0 Å². The normalized spacial score (nSPS) is 13.1. The van der Waals surface area contributed by atoms with Gasteiger partial charge in [-0.1, -0.05) is 212 Å². The van der Waals surface area contributed by atoms with Gasteiger partial charge in [0.15, 0.2) is 0 Å². The van der Waals surface area contributed by atoms with Crippen LogP contribution in [-0.2, 0) is 0 Å². The van der Waals surface area contributed by atoms with Crippen LogP contribution >= 0.6 is 0 Å². The van der Waals surface area contributed by atoms with Crippen molar-refractivity contribution in [3.63, 3.8) is 0 Å². The topological polar surface area (TPSA) is 26.3 Å². The van der Waals surface area contributed by atoms with Crippen molar-refractivity contribution in [1.82, 2.24) is 0 Å². The third-order valence-corrected chi connectivity index (χ3v) is 17.4. The van der Waals surface area contributed by atoms with E-state index in [0.717, 1.165) is 78.6 Å².